The fourth-order valence-electron chi connectivity index (χ4n) is 3.77. The van der Waals surface area contributed by atoms with Crippen LogP contribution in [-0.2, 0) is 13.0 Å². The third kappa shape index (κ3) is 6.43. The molecule has 0 unspecified atom stereocenters. The number of carbonyl (C=O) groups excluding carboxylic acids is 1. The van der Waals surface area contributed by atoms with E-state index in [0.717, 1.165) is 35.2 Å². The molecule has 30 heavy (non-hydrogen) atoms. The third-order valence-corrected chi connectivity index (χ3v) is 5.97. The topological polar surface area (TPSA) is 46.9 Å². The van der Waals surface area contributed by atoms with Gasteiger partial charge in [0.05, 0.1) is 11.0 Å². The van der Waals surface area contributed by atoms with E-state index in [1.165, 1.54) is 44.0 Å². The molecule has 3 aromatic rings. The summed E-state index contributed by atoms with van der Waals surface area (Å²) in [6.07, 6.45) is 9.49. The van der Waals surface area contributed by atoms with Crippen LogP contribution in [0.5, 0.6) is 0 Å². The van der Waals surface area contributed by atoms with Gasteiger partial charge in [0.2, 0.25) is 0 Å². The fourth-order valence-corrected chi connectivity index (χ4v) is 4.03. The Balaban J connectivity index is 1.53. The molecule has 0 saturated carbocycles. The summed E-state index contributed by atoms with van der Waals surface area (Å²) in [5.74, 6) is 1.10. The molecule has 1 heterocycles. The summed E-state index contributed by atoms with van der Waals surface area (Å²) >= 11 is 3.40. The zero-order valence-electron chi connectivity index (χ0n) is 17.9. The van der Waals surface area contributed by atoms with Crippen molar-refractivity contribution in [3.63, 3.8) is 0 Å². The van der Waals surface area contributed by atoms with Crippen LogP contribution in [0.2, 0.25) is 0 Å². The summed E-state index contributed by atoms with van der Waals surface area (Å²) in [6, 6.07) is 15.8. The highest BCUT2D eigenvalue weighted by Crippen LogP contribution is 2.19. The Bertz CT molecular complexity index is 933. The van der Waals surface area contributed by atoms with E-state index in [1.807, 2.05) is 30.3 Å². The van der Waals surface area contributed by atoms with Gasteiger partial charge in [-0.2, -0.15) is 0 Å². The van der Waals surface area contributed by atoms with Crippen LogP contribution in [-0.4, -0.2) is 22.0 Å². The van der Waals surface area contributed by atoms with Crippen molar-refractivity contribution >= 4 is 32.9 Å². The lowest BCUT2D eigenvalue weighted by atomic mass is 10.1. The van der Waals surface area contributed by atoms with Gasteiger partial charge in [-0.15, -0.1) is 0 Å². The second kappa shape index (κ2) is 11.9. The SMILES string of the molecule is CCCCCCCCn1c(CCCNC(=O)c2ccc(Br)cc2)nc2ccccc21. The van der Waals surface area contributed by atoms with Gasteiger partial charge in [-0.25, -0.2) is 4.98 Å². The van der Waals surface area contributed by atoms with E-state index in [0.29, 0.717) is 12.1 Å². The summed E-state index contributed by atoms with van der Waals surface area (Å²) in [6.45, 7) is 3.92. The lowest BCUT2D eigenvalue weighted by Crippen LogP contribution is -2.25. The van der Waals surface area contributed by atoms with Gasteiger partial charge in [-0.3, -0.25) is 4.79 Å². The van der Waals surface area contributed by atoms with Crippen LogP contribution in [0, 0.1) is 0 Å². The number of nitrogens with one attached hydrogen (secondary N) is 1. The molecule has 0 spiro atoms. The van der Waals surface area contributed by atoms with E-state index in [4.69, 9.17) is 4.98 Å². The largest absolute Gasteiger partial charge is 0.352 e. The highest BCUT2D eigenvalue weighted by Gasteiger charge is 2.11. The summed E-state index contributed by atoms with van der Waals surface area (Å²) in [4.78, 5) is 17.1. The number of benzene rings is 2. The first-order valence-electron chi connectivity index (χ1n) is 11.2. The number of unbranched alkanes of at least 4 members (excludes halogenated alkanes) is 5. The number of aryl methyl sites for hydroxylation is 2. The molecule has 1 aromatic heterocycles. The standard InChI is InChI=1S/C25H32BrN3O/c1-2-3-4-5-6-9-19-29-23-12-8-7-11-22(23)28-24(29)13-10-18-27-25(30)20-14-16-21(26)17-15-20/h7-8,11-12,14-17H,2-6,9-10,13,18-19H2,1H3,(H,27,30). The number of hydrogen-bond acceptors (Lipinski definition) is 2. The second-order valence-corrected chi connectivity index (χ2v) is 8.72. The molecule has 0 atom stereocenters. The molecular formula is C25H32BrN3O. The van der Waals surface area contributed by atoms with E-state index >= 15 is 0 Å². The molecule has 0 aliphatic rings. The Hall–Kier alpha value is -2.14. The van der Waals surface area contributed by atoms with Crippen molar-refractivity contribution in [3.05, 3.63) is 64.4 Å². The van der Waals surface area contributed by atoms with Crippen LogP contribution in [0.25, 0.3) is 11.0 Å². The van der Waals surface area contributed by atoms with Gasteiger partial charge in [0.15, 0.2) is 0 Å². The van der Waals surface area contributed by atoms with Crippen LogP contribution in [0.1, 0.15) is 68.1 Å². The summed E-state index contributed by atoms with van der Waals surface area (Å²) in [7, 11) is 0. The maximum absolute atomic E-state index is 12.3. The number of para-hydroxylation sites is 2. The summed E-state index contributed by atoms with van der Waals surface area (Å²) in [5.41, 5.74) is 2.98. The van der Waals surface area contributed by atoms with Crippen molar-refractivity contribution in [1.29, 1.82) is 0 Å². The fraction of sp³-hybridized carbons (Fsp3) is 0.440. The Morgan fingerprint density at radius 3 is 2.50 bits per heavy atom. The molecule has 3 rings (SSSR count). The maximum Gasteiger partial charge on any atom is 0.251 e. The molecule has 160 valence electrons. The van der Waals surface area contributed by atoms with E-state index in [2.05, 4.69) is 50.9 Å². The van der Waals surface area contributed by atoms with Gasteiger partial charge >= 0.3 is 0 Å². The number of halogens is 1. The number of aromatic nitrogens is 2. The third-order valence-electron chi connectivity index (χ3n) is 5.44. The van der Waals surface area contributed by atoms with E-state index < -0.39 is 0 Å². The Morgan fingerprint density at radius 2 is 1.70 bits per heavy atom. The van der Waals surface area contributed by atoms with Crippen molar-refractivity contribution in [2.45, 2.75) is 64.8 Å². The molecule has 2 aromatic carbocycles. The molecule has 5 heteroatoms. The van der Waals surface area contributed by atoms with Crippen LogP contribution in [0.15, 0.2) is 53.0 Å². The molecule has 0 fully saturated rings. The zero-order chi connectivity index (χ0) is 21.2. The Kier molecular flexibility index (Phi) is 8.94. The first-order chi connectivity index (χ1) is 14.7. The molecule has 4 nitrogen and oxygen atoms in total. The number of fused-ring (bicyclic) bond motifs is 1. The molecule has 0 saturated heterocycles. The lowest BCUT2D eigenvalue weighted by Gasteiger charge is -2.10. The minimum Gasteiger partial charge on any atom is -0.352 e. The minimum absolute atomic E-state index is 0.0249. The zero-order valence-corrected chi connectivity index (χ0v) is 19.5. The van der Waals surface area contributed by atoms with Crippen molar-refractivity contribution in [2.75, 3.05) is 6.54 Å². The first-order valence-corrected chi connectivity index (χ1v) is 12.0. The molecule has 0 radical (unpaired) electrons. The van der Waals surface area contributed by atoms with Crippen LogP contribution >= 0.6 is 15.9 Å². The van der Waals surface area contributed by atoms with E-state index in [1.54, 1.807) is 0 Å². The average Bonchev–Trinajstić information content (AvgIpc) is 3.11. The Morgan fingerprint density at radius 1 is 0.967 bits per heavy atom. The Labute approximate surface area is 188 Å². The molecule has 0 aliphatic carbocycles. The molecular weight excluding hydrogens is 438 g/mol. The lowest BCUT2D eigenvalue weighted by molar-refractivity contribution is 0.0953. The predicted molar refractivity (Wildman–Crippen MR) is 128 cm³/mol. The van der Waals surface area contributed by atoms with Crippen molar-refractivity contribution in [3.8, 4) is 0 Å². The molecule has 1 N–H and O–H groups in total. The second-order valence-electron chi connectivity index (χ2n) is 7.80. The highest BCUT2D eigenvalue weighted by atomic mass is 79.9. The van der Waals surface area contributed by atoms with Crippen molar-refractivity contribution in [2.24, 2.45) is 0 Å². The molecule has 0 aliphatic heterocycles. The normalized spacial score (nSPS) is 11.1. The number of imidazole rings is 1. The van der Waals surface area contributed by atoms with Gasteiger partial charge in [0, 0.05) is 29.5 Å². The summed E-state index contributed by atoms with van der Waals surface area (Å²) in [5, 5.41) is 3.02. The predicted octanol–water partition coefficient (Wildman–Crippen LogP) is 6.52. The van der Waals surface area contributed by atoms with Crippen LogP contribution < -0.4 is 5.32 Å². The minimum atomic E-state index is -0.0249. The number of nitrogens with zero attached hydrogens (tertiary/aromatic N) is 2. The van der Waals surface area contributed by atoms with Gasteiger partial charge < -0.3 is 9.88 Å². The van der Waals surface area contributed by atoms with Crippen molar-refractivity contribution in [1.82, 2.24) is 14.9 Å². The quantitative estimate of drug-likeness (QED) is 0.306. The van der Waals surface area contributed by atoms with Gasteiger partial charge in [-0.05, 0) is 49.2 Å². The van der Waals surface area contributed by atoms with Gasteiger partial charge in [0.1, 0.15) is 5.82 Å². The molecule has 1 amide bonds. The maximum atomic E-state index is 12.3. The van der Waals surface area contributed by atoms with E-state index in [-0.39, 0.29) is 5.91 Å². The van der Waals surface area contributed by atoms with Crippen LogP contribution in [0.3, 0.4) is 0 Å². The smallest absolute Gasteiger partial charge is 0.251 e. The van der Waals surface area contributed by atoms with Crippen molar-refractivity contribution < 1.29 is 4.79 Å². The monoisotopic (exact) mass is 469 g/mol. The van der Waals surface area contributed by atoms with Gasteiger partial charge in [0.25, 0.3) is 5.91 Å². The van der Waals surface area contributed by atoms with Gasteiger partial charge in [-0.1, -0.05) is 67.1 Å². The summed E-state index contributed by atoms with van der Waals surface area (Å²) < 4.78 is 3.36. The molecule has 0 bridgehead atoms. The number of hydrogen-bond donors (Lipinski definition) is 1. The number of amides is 1. The highest BCUT2D eigenvalue weighted by molar-refractivity contribution is 9.10. The van der Waals surface area contributed by atoms with E-state index in [9.17, 15) is 4.79 Å². The number of rotatable bonds is 12. The number of carbonyl (C=O) groups is 1. The first kappa shape index (κ1) is 22.5. The van der Waals surface area contributed by atoms with Crippen LogP contribution in [0.4, 0.5) is 0 Å². The average molecular weight is 470 g/mol.